The van der Waals surface area contributed by atoms with E-state index in [-0.39, 0.29) is 16.8 Å². The van der Waals surface area contributed by atoms with E-state index in [9.17, 15) is 13.2 Å². The van der Waals surface area contributed by atoms with E-state index in [0.717, 1.165) is 39.5 Å². The third kappa shape index (κ3) is 5.08. The Morgan fingerprint density at radius 2 is 1.97 bits per heavy atom. The van der Waals surface area contributed by atoms with Crippen LogP contribution in [0.4, 0.5) is 5.13 Å². The standard InChI is InChI=1S/C26H25BrN4O3S2/c1-18-5-2-3-14-31(18)36(33,34)22-10-7-20(8-11-22)25(32)30(17-19-6-4-13-28-16-19)26-29-23-12-9-21(27)15-24(23)35-26/h4,6-13,15-16,18H,2-3,5,14,17H2,1H3. The van der Waals surface area contributed by atoms with Crippen molar-refractivity contribution >= 4 is 58.5 Å². The van der Waals surface area contributed by atoms with E-state index in [1.165, 1.54) is 23.5 Å². The number of amides is 1. The van der Waals surface area contributed by atoms with Crippen LogP contribution in [0, 0.1) is 0 Å². The maximum Gasteiger partial charge on any atom is 0.260 e. The Labute approximate surface area is 223 Å². The number of thiazole rings is 1. The maximum absolute atomic E-state index is 13.7. The van der Waals surface area contributed by atoms with Crippen LogP contribution in [0.1, 0.15) is 42.1 Å². The van der Waals surface area contributed by atoms with Gasteiger partial charge in [-0.3, -0.25) is 14.7 Å². The Balaban J connectivity index is 1.47. The van der Waals surface area contributed by atoms with Crippen LogP contribution in [-0.4, -0.2) is 41.2 Å². The van der Waals surface area contributed by atoms with Gasteiger partial charge in [-0.05, 0) is 73.9 Å². The fraction of sp³-hybridized carbons (Fsp3) is 0.269. The smallest absolute Gasteiger partial charge is 0.260 e. The summed E-state index contributed by atoms with van der Waals surface area (Å²) in [5.41, 5.74) is 2.06. The lowest BCUT2D eigenvalue weighted by Gasteiger charge is -2.32. The molecule has 186 valence electrons. The molecule has 1 aliphatic rings. The minimum atomic E-state index is -3.61. The number of pyridine rings is 1. The molecule has 7 nitrogen and oxygen atoms in total. The van der Waals surface area contributed by atoms with Crippen molar-refractivity contribution in [2.24, 2.45) is 0 Å². The number of hydrogen-bond acceptors (Lipinski definition) is 6. The lowest BCUT2D eigenvalue weighted by Crippen LogP contribution is -2.41. The average Bonchev–Trinajstić information content (AvgIpc) is 3.30. The summed E-state index contributed by atoms with van der Waals surface area (Å²) < 4.78 is 29.9. The first-order valence-corrected chi connectivity index (χ1v) is 14.8. The van der Waals surface area contributed by atoms with Gasteiger partial charge in [0.25, 0.3) is 5.91 Å². The van der Waals surface area contributed by atoms with E-state index in [2.05, 4.69) is 20.9 Å². The van der Waals surface area contributed by atoms with E-state index in [0.29, 0.717) is 23.8 Å². The molecule has 0 spiro atoms. The van der Waals surface area contributed by atoms with Crippen molar-refractivity contribution < 1.29 is 13.2 Å². The summed E-state index contributed by atoms with van der Waals surface area (Å²) >= 11 is 4.92. The first kappa shape index (κ1) is 25.0. The van der Waals surface area contributed by atoms with Gasteiger partial charge < -0.3 is 0 Å². The molecule has 4 aromatic rings. The molecular formula is C26H25BrN4O3S2. The van der Waals surface area contributed by atoms with Crippen molar-refractivity contribution in [2.75, 3.05) is 11.4 Å². The first-order valence-electron chi connectivity index (χ1n) is 11.7. The molecule has 5 rings (SSSR count). The third-order valence-corrected chi connectivity index (χ3v) is 9.89. The van der Waals surface area contributed by atoms with Gasteiger partial charge in [-0.1, -0.05) is 39.8 Å². The van der Waals surface area contributed by atoms with E-state index in [1.54, 1.807) is 33.7 Å². The SMILES string of the molecule is CC1CCCCN1S(=O)(=O)c1ccc(C(=O)N(Cc2cccnc2)c2nc3ccc(Br)cc3s2)cc1. The summed E-state index contributed by atoms with van der Waals surface area (Å²) in [7, 11) is -3.61. The minimum Gasteiger partial charge on any atom is -0.279 e. The molecule has 0 N–H and O–H groups in total. The lowest BCUT2D eigenvalue weighted by molar-refractivity contribution is 0.0985. The zero-order chi connectivity index (χ0) is 25.3. The van der Waals surface area contributed by atoms with Crippen LogP contribution >= 0.6 is 27.3 Å². The normalized spacial score (nSPS) is 16.8. The highest BCUT2D eigenvalue weighted by Crippen LogP contribution is 2.33. The number of carbonyl (C=O) groups is 1. The van der Waals surface area contributed by atoms with Crippen molar-refractivity contribution in [2.45, 2.75) is 43.7 Å². The number of hydrogen-bond donors (Lipinski definition) is 0. The fourth-order valence-corrected chi connectivity index (χ4v) is 7.61. The first-order chi connectivity index (χ1) is 17.3. The van der Waals surface area contributed by atoms with Crippen LogP contribution < -0.4 is 4.90 Å². The van der Waals surface area contributed by atoms with Gasteiger partial charge in [0, 0.05) is 35.0 Å². The predicted octanol–water partition coefficient (Wildman–Crippen LogP) is 5.86. The monoisotopic (exact) mass is 584 g/mol. The highest BCUT2D eigenvalue weighted by molar-refractivity contribution is 9.10. The number of aromatic nitrogens is 2. The van der Waals surface area contributed by atoms with Crippen LogP contribution in [0.5, 0.6) is 0 Å². The lowest BCUT2D eigenvalue weighted by atomic mass is 10.1. The third-order valence-electron chi connectivity index (χ3n) is 6.33. The Morgan fingerprint density at radius 1 is 1.17 bits per heavy atom. The zero-order valence-corrected chi connectivity index (χ0v) is 22.9. The van der Waals surface area contributed by atoms with Crippen molar-refractivity contribution in [3.63, 3.8) is 0 Å². The van der Waals surface area contributed by atoms with Crippen LogP contribution in [0.15, 0.2) is 76.4 Å². The summed E-state index contributed by atoms with van der Waals surface area (Å²) in [4.78, 5) is 24.4. The molecular weight excluding hydrogens is 560 g/mol. The topological polar surface area (TPSA) is 83.5 Å². The number of sulfonamides is 1. The number of fused-ring (bicyclic) bond motifs is 1. The van der Waals surface area contributed by atoms with Crippen LogP contribution in [0.2, 0.25) is 0 Å². The molecule has 1 atom stereocenters. The Bertz CT molecular complexity index is 1490. The van der Waals surface area contributed by atoms with Crippen LogP contribution in [0.25, 0.3) is 10.2 Å². The summed E-state index contributed by atoms with van der Waals surface area (Å²) in [6, 6.07) is 15.7. The van der Waals surface area contributed by atoms with Gasteiger partial charge in [-0.15, -0.1) is 0 Å². The van der Waals surface area contributed by atoms with Gasteiger partial charge in [0.2, 0.25) is 10.0 Å². The van der Waals surface area contributed by atoms with E-state index in [4.69, 9.17) is 4.98 Å². The summed E-state index contributed by atoms with van der Waals surface area (Å²) in [6.07, 6.45) is 6.17. The van der Waals surface area contributed by atoms with Gasteiger partial charge in [-0.2, -0.15) is 4.31 Å². The van der Waals surface area contributed by atoms with Crippen LogP contribution in [-0.2, 0) is 16.6 Å². The molecule has 0 saturated carbocycles. The van der Waals surface area contributed by atoms with Crippen molar-refractivity contribution in [1.82, 2.24) is 14.3 Å². The molecule has 0 aliphatic carbocycles. The van der Waals surface area contributed by atoms with E-state index >= 15 is 0 Å². The quantitative estimate of drug-likeness (QED) is 0.283. The Hall–Kier alpha value is -2.66. The number of rotatable bonds is 6. The molecule has 1 amide bonds. The molecule has 2 aromatic carbocycles. The Morgan fingerprint density at radius 3 is 2.69 bits per heavy atom. The van der Waals surface area contributed by atoms with Gasteiger partial charge in [0.05, 0.1) is 21.7 Å². The number of halogens is 1. The number of piperidine rings is 1. The summed E-state index contributed by atoms with van der Waals surface area (Å²) in [5.74, 6) is -0.257. The number of benzene rings is 2. The molecule has 1 unspecified atom stereocenters. The number of carbonyl (C=O) groups excluding carboxylic acids is 1. The van der Waals surface area contributed by atoms with E-state index < -0.39 is 10.0 Å². The summed E-state index contributed by atoms with van der Waals surface area (Å²) in [6.45, 7) is 2.76. The molecule has 2 aromatic heterocycles. The number of anilines is 1. The highest BCUT2D eigenvalue weighted by Gasteiger charge is 2.31. The van der Waals surface area contributed by atoms with Crippen molar-refractivity contribution in [1.29, 1.82) is 0 Å². The van der Waals surface area contributed by atoms with Gasteiger partial charge >= 0.3 is 0 Å². The average molecular weight is 586 g/mol. The zero-order valence-electron chi connectivity index (χ0n) is 19.7. The highest BCUT2D eigenvalue weighted by atomic mass is 79.9. The van der Waals surface area contributed by atoms with E-state index in [1.807, 2.05) is 37.3 Å². The largest absolute Gasteiger partial charge is 0.279 e. The second-order valence-corrected chi connectivity index (χ2v) is 12.7. The predicted molar refractivity (Wildman–Crippen MR) is 146 cm³/mol. The number of nitrogens with zero attached hydrogens (tertiary/aromatic N) is 4. The molecule has 1 aliphatic heterocycles. The molecule has 10 heteroatoms. The van der Waals surface area contributed by atoms with Gasteiger partial charge in [0.15, 0.2) is 5.13 Å². The molecule has 3 heterocycles. The second kappa shape index (κ2) is 10.4. The van der Waals surface area contributed by atoms with Crippen molar-refractivity contribution in [3.05, 3.63) is 82.6 Å². The fourth-order valence-electron chi connectivity index (χ4n) is 4.39. The molecule has 0 radical (unpaired) electrons. The summed E-state index contributed by atoms with van der Waals surface area (Å²) in [5, 5.41) is 0.566. The Kier molecular flexibility index (Phi) is 7.21. The van der Waals surface area contributed by atoms with Gasteiger partial charge in [0.1, 0.15) is 0 Å². The van der Waals surface area contributed by atoms with Crippen LogP contribution in [0.3, 0.4) is 0 Å². The molecule has 0 bridgehead atoms. The maximum atomic E-state index is 13.7. The molecule has 1 saturated heterocycles. The van der Waals surface area contributed by atoms with Gasteiger partial charge in [-0.25, -0.2) is 13.4 Å². The molecule has 1 fully saturated rings. The minimum absolute atomic E-state index is 0.0286. The van der Waals surface area contributed by atoms with Crippen molar-refractivity contribution in [3.8, 4) is 0 Å². The second-order valence-electron chi connectivity index (χ2n) is 8.85. The molecule has 36 heavy (non-hydrogen) atoms.